The Morgan fingerprint density at radius 2 is 2.10 bits per heavy atom. The van der Waals surface area contributed by atoms with E-state index in [2.05, 4.69) is 34.3 Å². The van der Waals surface area contributed by atoms with E-state index in [0.717, 1.165) is 25.2 Å². The smallest absolute Gasteiger partial charge is 0.0945 e. The summed E-state index contributed by atoms with van der Waals surface area (Å²) >= 11 is 3.54. The zero-order valence-electron chi connectivity index (χ0n) is 12.3. The second kappa shape index (κ2) is 7.87. The molecule has 0 fully saturated rings. The molecule has 0 unspecified atom stereocenters. The first-order chi connectivity index (χ1) is 10.4. The van der Waals surface area contributed by atoms with Crippen molar-refractivity contribution in [2.75, 3.05) is 13.1 Å². The second-order valence-corrected chi connectivity index (χ2v) is 7.35. The maximum atomic E-state index is 4.72. The zero-order chi connectivity index (χ0) is 14.3. The molecular weight excluding hydrogens is 296 g/mol. The predicted molar refractivity (Wildman–Crippen MR) is 93.2 cm³/mol. The molecule has 0 saturated heterocycles. The van der Waals surface area contributed by atoms with Gasteiger partial charge in [-0.15, -0.1) is 22.7 Å². The number of hydrogen-bond donors (Lipinski definition) is 1. The van der Waals surface area contributed by atoms with Gasteiger partial charge in [0.05, 0.1) is 15.6 Å². The Morgan fingerprint density at radius 3 is 2.90 bits per heavy atom. The molecule has 0 aromatic carbocycles. The number of nitrogens with zero attached hydrogens (tertiary/aromatic N) is 1. The van der Waals surface area contributed by atoms with Crippen LogP contribution < -0.4 is 5.32 Å². The van der Waals surface area contributed by atoms with Crippen molar-refractivity contribution in [3.8, 4) is 10.6 Å². The molecule has 21 heavy (non-hydrogen) atoms. The molecule has 1 N–H and O–H groups in total. The van der Waals surface area contributed by atoms with E-state index < -0.39 is 0 Å². The minimum absolute atomic E-state index is 1.03. The summed E-state index contributed by atoms with van der Waals surface area (Å²) in [5.41, 5.74) is 2.79. The molecule has 0 radical (unpaired) electrons. The number of hydrogen-bond acceptors (Lipinski definition) is 4. The quantitative estimate of drug-likeness (QED) is 0.580. The number of thiazole rings is 1. The number of aromatic nitrogens is 1. The first-order valence-electron chi connectivity index (χ1n) is 7.79. The number of nitrogens with one attached hydrogen (secondary N) is 1. The Balaban J connectivity index is 1.37. The largest absolute Gasteiger partial charge is 0.316 e. The van der Waals surface area contributed by atoms with E-state index in [-0.39, 0.29) is 0 Å². The lowest BCUT2D eigenvalue weighted by molar-refractivity contribution is 0.631. The minimum Gasteiger partial charge on any atom is -0.316 e. The monoisotopic (exact) mass is 318 g/mol. The lowest BCUT2D eigenvalue weighted by atomic mass is 9.97. The van der Waals surface area contributed by atoms with E-state index >= 15 is 0 Å². The zero-order valence-corrected chi connectivity index (χ0v) is 13.9. The number of rotatable bonds is 7. The van der Waals surface area contributed by atoms with Crippen molar-refractivity contribution in [1.82, 2.24) is 10.3 Å². The van der Waals surface area contributed by atoms with Gasteiger partial charge in [-0.25, -0.2) is 4.98 Å². The standard InChI is InChI=1S/C17H22N2S2/c1-2-5-14(6-3-1)8-10-18-11-9-17-19-15(13-21-17)16-7-4-12-20-16/h4-5,7,12-13,18H,1-3,6,8-11H2. The van der Waals surface area contributed by atoms with Crippen molar-refractivity contribution in [2.24, 2.45) is 0 Å². The maximum Gasteiger partial charge on any atom is 0.0945 e. The fourth-order valence-electron chi connectivity index (χ4n) is 2.66. The van der Waals surface area contributed by atoms with Crippen LogP contribution in [0.1, 0.15) is 37.1 Å². The van der Waals surface area contributed by atoms with Gasteiger partial charge >= 0.3 is 0 Å². The Hall–Kier alpha value is -0.970. The summed E-state index contributed by atoms with van der Waals surface area (Å²) in [6.07, 6.45) is 10.1. The number of thiophene rings is 1. The first kappa shape index (κ1) is 14.9. The average Bonchev–Trinajstić information content (AvgIpc) is 3.19. The van der Waals surface area contributed by atoms with Crippen molar-refractivity contribution < 1.29 is 0 Å². The van der Waals surface area contributed by atoms with Crippen molar-refractivity contribution >= 4 is 22.7 Å². The van der Waals surface area contributed by atoms with Gasteiger partial charge in [0, 0.05) is 18.3 Å². The van der Waals surface area contributed by atoms with Crippen LogP contribution in [0, 0.1) is 0 Å². The molecule has 4 heteroatoms. The number of allylic oxidation sites excluding steroid dienone is 1. The molecule has 2 heterocycles. The van der Waals surface area contributed by atoms with E-state index in [9.17, 15) is 0 Å². The van der Waals surface area contributed by atoms with E-state index in [1.54, 1.807) is 28.2 Å². The molecule has 112 valence electrons. The fourth-order valence-corrected chi connectivity index (χ4v) is 4.22. The molecule has 2 aromatic rings. The molecule has 1 aliphatic rings. The molecule has 0 bridgehead atoms. The van der Waals surface area contributed by atoms with Gasteiger partial charge in [-0.05, 0) is 50.1 Å². The Labute approximate surface area is 134 Å². The highest BCUT2D eigenvalue weighted by Crippen LogP contribution is 2.26. The summed E-state index contributed by atoms with van der Waals surface area (Å²) in [6.45, 7) is 2.14. The van der Waals surface area contributed by atoms with Crippen molar-refractivity contribution in [3.63, 3.8) is 0 Å². The summed E-state index contributed by atoms with van der Waals surface area (Å²) in [4.78, 5) is 5.99. The Morgan fingerprint density at radius 1 is 1.14 bits per heavy atom. The van der Waals surface area contributed by atoms with Gasteiger partial charge in [0.25, 0.3) is 0 Å². The van der Waals surface area contributed by atoms with Gasteiger partial charge in [0.15, 0.2) is 0 Å². The second-order valence-electron chi connectivity index (χ2n) is 5.46. The predicted octanol–water partition coefficient (Wildman–Crippen LogP) is 4.89. The highest BCUT2D eigenvalue weighted by Gasteiger charge is 2.06. The van der Waals surface area contributed by atoms with Crippen LogP contribution in [0.3, 0.4) is 0 Å². The van der Waals surface area contributed by atoms with Crippen LogP contribution in [-0.2, 0) is 6.42 Å². The summed E-state index contributed by atoms with van der Waals surface area (Å²) in [6, 6.07) is 4.22. The van der Waals surface area contributed by atoms with E-state index in [4.69, 9.17) is 4.98 Å². The summed E-state index contributed by atoms with van der Waals surface area (Å²) < 4.78 is 0. The molecule has 3 rings (SSSR count). The van der Waals surface area contributed by atoms with E-state index in [1.165, 1.54) is 42.0 Å². The molecule has 0 amide bonds. The van der Waals surface area contributed by atoms with Gasteiger partial charge in [-0.2, -0.15) is 0 Å². The first-order valence-corrected chi connectivity index (χ1v) is 9.54. The summed E-state index contributed by atoms with van der Waals surface area (Å²) in [5.74, 6) is 0. The molecular formula is C17H22N2S2. The van der Waals surface area contributed by atoms with Crippen LogP contribution in [0.4, 0.5) is 0 Å². The van der Waals surface area contributed by atoms with E-state index in [1.807, 2.05) is 0 Å². The van der Waals surface area contributed by atoms with Crippen molar-refractivity contribution in [3.05, 3.63) is 39.5 Å². The minimum atomic E-state index is 1.03. The van der Waals surface area contributed by atoms with Crippen LogP contribution >= 0.6 is 22.7 Å². The van der Waals surface area contributed by atoms with Crippen molar-refractivity contribution in [2.45, 2.75) is 38.5 Å². The van der Waals surface area contributed by atoms with Gasteiger partial charge in [0.1, 0.15) is 0 Å². The highest BCUT2D eigenvalue weighted by atomic mass is 32.1. The van der Waals surface area contributed by atoms with Crippen molar-refractivity contribution in [1.29, 1.82) is 0 Å². The molecule has 0 atom stereocenters. The van der Waals surface area contributed by atoms with Gasteiger partial charge in [0.2, 0.25) is 0 Å². The lowest BCUT2D eigenvalue weighted by Gasteiger charge is -2.12. The molecule has 1 aliphatic carbocycles. The molecule has 0 spiro atoms. The normalized spacial score (nSPS) is 15.1. The third kappa shape index (κ3) is 4.50. The summed E-state index contributed by atoms with van der Waals surface area (Å²) in [7, 11) is 0. The van der Waals surface area contributed by atoms with Crippen LogP contribution in [0.15, 0.2) is 34.5 Å². The molecule has 0 saturated carbocycles. The summed E-state index contributed by atoms with van der Waals surface area (Å²) in [5, 5.41) is 9.07. The van der Waals surface area contributed by atoms with Crippen LogP contribution in [-0.4, -0.2) is 18.1 Å². The molecule has 0 aliphatic heterocycles. The van der Waals surface area contributed by atoms with Crippen LogP contribution in [0.2, 0.25) is 0 Å². The molecule has 2 nitrogen and oxygen atoms in total. The van der Waals surface area contributed by atoms with E-state index in [0.29, 0.717) is 0 Å². The Kier molecular flexibility index (Phi) is 5.60. The Bertz CT molecular complexity index is 569. The van der Waals surface area contributed by atoms with Gasteiger partial charge < -0.3 is 5.32 Å². The van der Waals surface area contributed by atoms with Gasteiger partial charge in [-0.1, -0.05) is 17.7 Å². The molecule has 2 aromatic heterocycles. The SMILES string of the molecule is C1=C(CCNCCc2nc(-c3cccs3)cs2)CCCC1. The third-order valence-electron chi connectivity index (χ3n) is 3.85. The fraction of sp³-hybridized carbons (Fsp3) is 0.471. The topological polar surface area (TPSA) is 24.9 Å². The maximum absolute atomic E-state index is 4.72. The van der Waals surface area contributed by atoms with Crippen LogP contribution in [0.5, 0.6) is 0 Å². The lowest BCUT2D eigenvalue weighted by Crippen LogP contribution is -2.19. The average molecular weight is 319 g/mol. The highest BCUT2D eigenvalue weighted by molar-refractivity contribution is 7.14. The van der Waals surface area contributed by atoms with Crippen LogP contribution in [0.25, 0.3) is 10.6 Å². The van der Waals surface area contributed by atoms with Gasteiger partial charge in [-0.3, -0.25) is 0 Å². The third-order valence-corrected chi connectivity index (χ3v) is 5.65.